The molecule has 0 aliphatic rings. The van der Waals surface area contributed by atoms with Crippen LogP contribution < -0.4 is 0 Å². The molecule has 0 amide bonds. The van der Waals surface area contributed by atoms with Gasteiger partial charge in [-0.15, -0.1) is 12.6 Å². The molecule has 0 atom stereocenters. The summed E-state index contributed by atoms with van der Waals surface area (Å²) in [5.74, 6) is 0. The van der Waals surface area contributed by atoms with Gasteiger partial charge in [0.05, 0.1) is 4.92 Å². The summed E-state index contributed by atoms with van der Waals surface area (Å²) in [5, 5.41) is 10.4. The Bertz CT molecular complexity index is 313. The van der Waals surface area contributed by atoms with Crippen molar-refractivity contribution in [2.75, 3.05) is 0 Å². The topological polar surface area (TPSA) is 43.1 Å². The highest BCUT2D eigenvalue weighted by Gasteiger charge is 2.08. The number of hydrogen-bond acceptors (Lipinski definition) is 3. The van der Waals surface area contributed by atoms with Gasteiger partial charge in [0, 0.05) is 17.0 Å². The van der Waals surface area contributed by atoms with Gasteiger partial charge in [0.15, 0.2) is 0 Å². The summed E-state index contributed by atoms with van der Waals surface area (Å²) in [5.41, 5.74) is 1.80. The summed E-state index contributed by atoms with van der Waals surface area (Å²) in [6.45, 7) is 3.62. The maximum absolute atomic E-state index is 10.4. The lowest BCUT2D eigenvalue weighted by Gasteiger charge is -2.02. The molecule has 4 heteroatoms. The Morgan fingerprint density at radius 2 is 1.75 bits per heavy atom. The average molecular weight is 183 g/mol. The SMILES string of the molecule is Cc1cc([N+](=O)[O-])cc(C)c1S. The molecule has 0 aliphatic heterocycles. The maximum Gasteiger partial charge on any atom is 0.270 e. The lowest BCUT2D eigenvalue weighted by atomic mass is 10.1. The van der Waals surface area contributed by atoms with Crippen molar-refractivity contribution >= 4 is 18.3 Å². The average Bonchev–Trinajstić information content (AvgIpc) is 1.99. The Kier molecular flexibility index (Phi) is 2.38. The third-order valence-corrected chi connectivity index (χ3v) is 2.39. The van der Waals surface area contributed by atoms with Crippen LogP contribution in [-0.2, 0) is 0 Å². The smallest absolute Gasteiger partial charge is 0.258 e. The van der Waals surface area contributed by atoms with Crippen molar-refractivity contribution in [1.82, 2.24) is 0 Å². The Morgan fingerprint density at radius 3 is 2.08 bits per heavy atom. The molecular formula is C8H9NO2S. The number of aryl methyl sites for hydroxylation is 2. The van der Waals surface area contributed by atoms with Crippen LogP contribution in [0, 0.1) is 24.0 Å². The molecule has 1 aromatic carbocycles. The number of hydrogen-bond donors (Lipinski definition) is 1. The molecule has 0 heterocycles. The third-order valence-electron chi connectivity index (χ3n) is 1.69. The Labute approximate surface area is 76.0 Å². The lowest BCUT2D eigenvalue weighted by Crippen LogP contribution is -1.91. The van der Waals surface area contributed by atoms with Gasteiger partial charge < -0.3 is 0 Å². The van der Waals surface area contributed by atoms with Gasteiger partial charge in [0.25, 0.3) is 5.69 Å². The molecule has 0 aliphatic carbocycles. The van der Waals surface area contributed by atoms with Crippen LogP contribution in [0.2, 0.25) is 0 Å². The summed E-state index contributed by atoms with van der Waals surface area (Å²) in [6.07, 6.45) is 0. The highest BCUT2D eigenvalue weighted by Crippen LogP contribution is 2.23. The van der Waals surface area contributed by atoms with Gasteiger partial charge in [0.2, 0.25) is 0 Å². The van der Waals surface area contributed by atoms with Crippen LogP contribution in [0.15, 0.2) is 17.0 Å². The number of benzene rings is 1. The van der Waals surface area contributed by atoms with E-state index in [1.165, 1.54) is 12.1 Å². The minimum atomic E-state index is -0.396. The van der Waals surface area contributed by atoms with Crippen LogP contribution in [0.4, 0.5) is 5.69 Å². The number of nitrogens with zero attached hydrogens (tertiary/aromatic N) is 1. The molecular weight excluding hydrogens is 174 g/mol. The Hall–Kier alpha value is -1.03. The normalized spacial score (nSPS) is 9.92. The molecule has 0 aromatic heterocycles. The number of rotatable bonds is 1. The van der Waals surface area contributed by atoms with Crippen LogP contribution in [0.25, 0.3) is 0 Å². The van der Waals surface area contributed by atoms with E-state index in [0.29, 0.717) is 0 Å². The number of non-ortho nitro benzene ring substituents is 1. The van der Waals surface area contributed by atoms with E-state index in [1.54, 1.807) is 0 Å². The zero-order valence-corrected chi connectivity index (χ0v) is 7.76. The van der Waals surface area contributed by atoms with E-state index in [4.69, 9.17) is 0 Å². The molecule has 12 heavy (non-hydrogen) atoms. The molecule has 1 rings (SSSR count). The summed E-state index contributed by atoms with van der Waals surface area (Å²) >= 11 is 4.20. The first-order chi connectivity index (χ1) is 5.52. The fourth-order valence-electron chi connectivity index (χ4n) is 1.04. The van der Waals surface area contributed by atoms with Gasteiger partial charge >= 0.3 is 0 Å². The first kappa shape index (κ1) is 9.06. The van der Waals surface area contributed by atoms with Gasteiger partial charge in [-0.2, -0.15) is 0 Å². The lowest BCUT2D eigenvalue weighted by molar-refractivity contribution is -0.385. The van der Waals surface area contributed by atoms with Crippen LogP contribution in [0.3, 0.4) is 0 Å². The van der Waals surface area contributed by atoms with Crippen molar-refractivity contribution in [1.29, 1.82) is 0 Å². The second-order valence-electron chi connectivity index (χ2n) is 2.69. The quantitative estimate of drug-likeness (QED) is 0.413. The molecule has 0 radical (unpaired) electrons. The summed E-state index contributed by atoms with van der Waals surface area (Å²) in [7, 11) is 0. The molecule has 1 aromatic rings. The van der Waals surface area contributed by atoms with E-state index >= 15 is 0 Å². The van der Waals surface area contributed by atoms with Crippen molar-refractivity contribution in [3.8, 4) is 0 Å². The predicted octanol–water partition coefficient (Wildman–Crippen LogP) is 2.50. The first-order valence-corrected chi connectivity index (χ1v) is 3.91. The van der Waals surface area contributed by atoms with Gasteiger partial charge in [-0.3, -0.25) is 10.1 Å². The summed E-state index contributed by atoms with van der Waals surface area (Å²) in [6, 6.07) is 3.05. The van der Waals surface area contributed by atoms with E-state index in [-0.39, 0.29) is 5.69 Å². The minimum absolute atomic E-state index is 0.128. The van der Waals surface area contributed by atoms with Crippen molar-refractivity contribution in [2.24, 2.45) is 0 Å². The summed E-state index contributed by atoms with van der Waals surface area (Å²) in [4.78, 5) is 10.8. The van der Waals surface area contributed by atoms with Crippen molar-refractivity contribution in [3.05, 3.63) is 33.4 Å². The summed E-state index contributed by atoms with van der Waals surface area (Å²) < 4.78 is 0. The highest BCUT2D eigenvalue weighted by molar-refractivity contribution is 7.80. The molecule has 64 valence electrons. The largest absolute Gasteiger partial charge is 0.270 e. The van der Waals surface area contributed by atoms with Crippen molar-refractivity contribution in [2.45, 2.75) is 18.7 Å². The minimum Gasteiger partial charge on any atom is -0.258 e. The van der Waals surface area contributed by atoms with Crippen LogP contribution in [0.5, 0.6) is 0 Å². The van der Waals surface area contributed by atoms with E-state index in [9.17, 15) is 10.1 Å². The fourth-order valence-corrected chi connectivity index (χ4v) is 1.17. The van der Waals surface area contributed by atoms with E-state index < -0.39 is 4.92 Å². The zero-order valence-electron chi connectivity index (χ0n) is 6.87. The third kappa shape index (κ3) is 1.58. The monoisotopic (exact) mass is 183 g/mol. The van der Waals surface area contributed by atoms with Crippen LogP contribution in [0.1, 0.15) is 11.1 Å². The second-order valence-corrected chi connectivity index (χ2v) is 3.13. The highest BCUT2D eigenvalue weighted by atomic mass is 32.1. The predicted molar refractivity (Wildman–Crippen MR) is 49.8 cm³/mol. The Balaban J connectivity index is 3.31. The van der Waals surface area contributed by atoms with Gasteiger partial charge in [-0.1, -0.05) is 0 Å². The molecule has 0 saturated carbocycles. The van der Waals surface area contributed by atoms with Crippen molar-refractivity contribution in [3.63, 3.8) is 0 Å². The number of thiol groups is 1. The number of nitro benzene ring substituents is 1. The molecule has 0 saturated heterocycles. The Morgan fingerprint density at radius 1 is 1.33 bits per heavy atom. The standard InChI is InChI=1S/C8H9NO2S/c1-5-3-7(9(10)11)4-6(2)8(5)12/h3-4,12H,1-2H3. The van der Waals surface area contributed by atoms with Gasteiger partial charge in [0.1, 0.15) is 0 Å². The first-order valence-electron chi connectivity index (χ1n) is 3.47. The molecule has 0 N–H and O–H groups in total. The van der Waals surface area contributed by atoms with Crippen LogP contribution >= 0.6 is 12.6 Å². The second kappa shape index (κ2) is 3.15. The fraction of sp³-hybridized carbons (Fsp3) is 0.250. The van der Waals surface area contributed by atoms with E-state index in [1.807, 2.05) is 13.8 Å². The number of nitro groups is 1. The zero-order chi connectivity index (χ0) is 9.30. The maximum atomic E-state index is 10.4. The van der Waals surface area contributed by atoms with Gasteiger partial charge in [-0.25, -0.2) is 0 Å². The van der Waals surface area contributed by atoms with Gasteiger partial charge in [-0.05, 0) is 25.0 Å². The van der Waals surface area contributed by atoms with E-state index in [2.05, 4.69) is 12.6 Å². The molecule has 0 spiro atoms. The van der Waals surface area contributed by atoms with Crippen LogP contribution in [-0.4, -0.2) is 4.92 Å². The molecule has 3 nitrogen and oxygen atoms in total. The van der Waals surface area contributed by atoms with E-state index in [0.717, 1.165) is 16.0 Å². The van der Waals surface area contributed by atoms with Crippen molar-refractivity contribution < 1.29 is 4.92 Å². The molecule has 0 unspecified atom stereocenters. The molecule has 0 bridgehead atoms. The molecule has 0 fully saturated rings.